The standard InChI is InChI=1S/C16H20BrN3O/c1-16(2,3)10-15(21)19-14-7-8-18-20(14)11-12-5-4-6-13(17)9-12/h4-9H,10-11H2,1-3H3,(H,19,21). The van der Waals surface area contributed by atoms with Crippen LogP contribution >= 0.6 is 15.9 Å². The van der Waals surface area contributed by atoms with E-state index in [0.717, 1.165) is 15.9 Å². The van der Waals surface area contributed by atoms with Crippen molar-refractivity contribution in [3.63, 3.8) is 0 Å². The van der Waals surface area contributed by atoms with E-state index in [0.29, 0.717) is 13.0 Å². The molecule has 0 radical (unpaired) electrons. The summed E-state index contributed by atoms with van der Waals surface area (Å²) < 4.78 is 2.83. The van der Waals surface area contributed by atoms with Crippen molar-refractivity contribution in [3.05, 3.63) is 46.6 Å². The van der Waals surface area contributed by atoms with Gasteiger partial charge < -0.3 is 5.32 Å². The number of anilines is 1. The summed E-state index contributed by atoms with van der Waals surface area (Å²) in [4.78, 5) is 12.0. The number of halogens is 1. The molecule has 0 aliphatic heterocycles. The molecule has 1 amide bonds. The van der Waals surface area contributed by atoms with Crippen molar-refractivity contribution >= 4 is 27.7 Å². The predicted molar refractivity (Wildman–Crippen MR) is 88.2 cm³/mol. The number of amides is 1. The number of carbonyl (C=O) groups is 1. The first-order chi connectivity index (χ1) is 9.83. The van der Waals surface area contributed by atoms with Crippen LogP contribution in [0, 0.1) is 5.41 Å². The number of benzene rings is 1. The summed E-state index contributed by atoms with van der Waals surface area (Å²) in [5.41, 5.74) is 1.10. The quantitative estimate of drug-likeness (QED) is 0.904. The molecular weight excluding hydrogens is 330 g/mol. The van der Waals surface area contributed by atoms with Crippen LogP contribution in [0.5, 0.6) is 0 Å². The Kier molecular flexibility index (Phi) is 4.83. The van der Waals surface area contributed by atoms with Gasteiger partial charge in [-0.1, -0.05) is 48.8 Å². The number of aromatic nitrogens is 2. The van der Waals surface area contributed by atoms with Crippen LogP contribution in [0.25, 0.3) is 0 Å². The van der Waals surface area contributed by atoms with E-state index in [1.54, 1.807) is 10.9 Å². The Labute approximate surface area is 133 Å². The van der Waals surface area contributed by atoms with Crippen molar-refractivity contribution in [1.82, 2.24) is 9.78 Å². The molecule has 1 aromatic heterocycles. The highest BCUT2D eigenvalue weighted by atomic mass is 79.9. The average molecular weight is 350 g/mol. The summed E-state index contributed by atoms with van der Waals surface area (Å²) in [5.74, 6) is 0.739. The number of hydrogen-bond donors (Lipinski definition) is 1. The van der Waals surface area contributed by atoms with Gasteiger partial charge >= 0.3 is 0 Å². The van der Waals surface area contributed by atoms with Crippen LogP contribution in [0.1, 0.15) is 32.8 Å². The number of rotatable bonds is 4. The van der Waals surface area contributed by atoms with E-state index in [1.807, 2.05) is 51.1 Å². The van der Waals surface area contributed by atoms with Crippen LogP contribution in [0.2, 0.25) is 0 Å². The van der Waals surface area contributed by atoms with Crippen LogP contribution in [0.15, 0.2) is 41.0 Å². The molecule has 0 aliphatic rings. The minimum atomic E-state index is -0.0285. The zero-order chi connectivity index (χ0) is 15.5. The summed E-state index contributed by atoms with van der Waals surface area (Å²) in [7, 11) is 0. The lowest BCUT2D eigenvalue weighted by Gasteiger charge is -2.17. The van der Waals surface area contributed by atoms with Gasteiger partial charge in [0.1, 0.15) is 5.82 Å². The van der Waals surface area contributed by atoms with E-state index >= 15 is 0 Å². The van der Waals surface area contributed by atoms with E-state index in [4.69, 9.17) is 0 Å². The molecule has 0 saturated heterocycles. The molecule has 21 heavy (non-hydrogen) atoms. The van der Waals surface area contributed by atoms with Gasteiger partial charge in [-0.15, -0.1) is 0 Å². The van der Waals surface area contributed by atoms with Crippen molar-refractivity contribution < 1.29 is 4.79 Å². The molecule has 112 valence electrons. The third-order valence-electron chi connectivity index (χ3n) is 2.90. The monoisotopic (exact) mass is 349 g/mol. The Morgan fingerprint density at radius 2 is 2.10 bits per heavy atom. The minimum absolute atomic E-state index is 0.0125. The van der Waals surface area contributed by atoms with Crippen molar-refractivity contribution in [2.45, 2.75) is 33.7 Å². The third kappa shape index (κ3) is 5.01. The van der Waals surface area contributed by atoms with Crippen molar-refractivity contribution in [1.29, 1.82) is 0 Å². The Morgan fingerprint density at radius 1 is 1.33 bits per heavy atom. The molecular formula is C16H20BrN3O. The molecule has 0 unspecified atom stereocenters. The third-order valence-corrected chi connectivity index (χ3v) is 3.39. The molecule has 0 atom stereocenters. The lowest BCUT2D eigenvalue weighted by Crippen LogP contribution is -2.21. The fourth-order valence-corrected chi connectivity index (χ4v) is 2.49. The highest BCUT2D eigenvalue weighted by molar-refractivity contribution is 9.10. The maximum absolute atomic E-state index is 12.0. The van der Waals surface area contributed by atoms with Crippen molar-refractivity contribution in [2.24, 2.45) is 5.41 Å². The van der Waals surface area contributed by atoms with Gasteiger partial charge in [-0.05, 0) is 23.1 Å². The van der Waals surface area contributed by atoms with Gasteiger partial charge in [-0.3, -0.25) is 4.79 Å². The predicted octanol–water partition coefficient (Wildman–Crippen LogP) is 4.07. The summed E-state index contributed by atoms with van der Waals surface area (Å²) >= 11 is 3.46. The molecule has 0 spiro atoms. The highest BCUT2D eigenvalue weighted by Crippen LogP contribution is 2.20. The van der Waals surface area contributed by atoms with Gasteiger partial charge in [-0.25, -0.2) is 4.68 Å². The number of carbonyl (C=O) groups excluding carboxylic acids is 1. The Balaban J connectivity index is 2.07. The SMILES string of the molecule is CC(C)(C)CC(=O)Nc1ccnn1Cc1cccc(Br)c1. The normalized spacial score (nSPS) is 11.4. The van der Waals surface area contributed by atoms with E-state index in [9.17, 15) is 4.79 Å². The summed E-state index contributed by atoms with van der Waals surface area (Å²) in [6, 6.07) is 9.87. The van der Waals surface area contributed by atoms with E-state index in [1.165, 1.54) is 0 Å². The zero-order valence-corrected chi connectivity index (χ0v) is 14.1. The van der Waals surface area contributed by atoms with Gasteiger partial charge in [0.2, 0.25) is 5.91 Å². The number of nitrogens with one attached hydrogen (secondary N) is 1. The average Bonchev–Trinajstić information content (AvgIpc) is 2.74. The fourth-order valence-electron chi connectivity index (χ4n) is 2.04. The van der Waals surface area contributed by atoms with Crippen LogP contribution < -0.4 is 5.32 Å². The van der Waals surface area contributed by atoms with Crippen LogP contribution in [-0.2, 0) is 11.3 Å². The van der Waals surface area contributed by atoms with Gasteiger partial charge in [-0.2, -0.15) is 5.10 Å². The maximum atomic E-state index is 12.0. The largest absolute Gasteiger partial charge is 0.311 e. The highest BCUT2D eigenvalue weighted by Gasteiger charge is 2.17. The second-order valence-electron chi connectivity index (χ2n) is 6.29. The zero-order valence-electron chi connectivity index (χ0n) is 12.6. The summed E-state index contributed by atoms with van der Waals surface area (Å²) in [6.45, 7) is 6.76. The van der Waals surface area contributed by atoms with Gasteiger partial charge in [0.15, 0.2) is 0 Å². The van der Waals surface area contributed by atoms with E-state index in [2.05, 4.69) is 26.3 Å². The van der Waals surface area contributed by atoms with Gasteiger partial charge in [0.25, 0.3) is 0 Å². The Morgan fingerprint density at radius 3 is 2.76 bits per heavy atom. The fraction of sp³-hybridized carbons (Fsp3) is 0.375. The second kappa shape index (κ2) is 6.43. The molecule has 0 aliphatic carbocycles. The molecule has 0 saturated carbocycles. The Bertz CT molecular complexity index is 628. The first-order valence-corrected chi connectivity index (χ1v) is 7.69. The topological polar surface area (TPSA) is 46.9 Å². The first kappa shape index (κ1) is 15.8. The van der Waals surface area contributed by atoms with Crippen LogP contribution in [-0.4, -0.2) is 15.7 Å². The molecule has 5 heteroatoms. The molecule has 1 N–H and O–H groups in total. The molecule has 0 bridgehead atoms. The van der Waals surface area contributed by atoms with Crippen molar-refractivity contribution in [3.8, 4) is 0 Å². The number of hydrogen-bond acceptors (Lipinski definition) is 2. The molecule has 2 rings (SSSR count). The molecule has 1 aromatic carbocycles. The first-order valence-electron chi connectivity index (χ1n) is 6.90. The summed E-state index contributed by atoms with van der Waals surface area (Å²) in [6.07, 6.45) is 2.18. The number of nitrogens with zero attached hydrogens (tertiary/aromatic N) is 2. The van der Waals surface area contributed by atoms with E-state index in [-0.39, 0.29) is 11.3 Å². The smallest absolute Gasteiger partial charge is 0.226 e. The van der Waals surface area contributed by atoms with Crippen LogP contribution in [0.3, 0.4) is 0 Å². The summed E-state index contributed by atoms with van der Waals surface area (Å²) in [5, 5.41) is 7.21. The van der Waals surface area contributed by atoms with Crippen LogP contribution in [0.4, 0.5) is 5.82 Å². The van der Waals surface area contributed by atoms with E-state index < -0.39 is 0 Å². The van der Waals surface area contributed by atoms with Gasteiger partial charge in [0, 0.05) is 17.0 Å². The second-order valence-corrected chi connectivity index (χ2v) is 7.21. The molecule has 1 heterocycles. The minimum Gasteiger partial charge on any atom is -0.311 e. The van der Waals surface area contributed by atoms with Gasteiger partial charge in [0.05, 0.1) is 12.7 Å². The molecule has 0 fully saturated rings. The maximum Gasteiger partial charge on any atom is 0.226 e. The molecule has 2 aromatic rings. The van der Waals surface area contributed by atoms with Crippen molar-refractivity contribution in [2.75, 3.05) is 5.32 Å². The lowest BCUT2D eigenvalue weighted by molar-refractivity contribution is -0.117. The lowest BCUT2D eigenvalue weighted by atomic mass is 9.92. The Hall–Kier alpha value is -1.62. The molecule has 4 nitrogen and oxygen atoms in total.